The molecule has 2 aromatic heterocycles. The van der Waals surface area contributed by atoms with Gasteiger partial charge in [0.15, 0.2) is 0 Å². The highest BCUT2D eigenvalue weighted by atomic mass is 16.5. The number of rotatable bonds is 4. The number of hydrogen-bond donors (Lipinski definition) is 1. The molecule has 0 bridgehead atoms. The Bertz CT molecular complexity index is 677. The van der Waals surface area contributed by atoms with Gasteiger partial charge in [-0.2, -0.15) is 0 Å². The molecule has 1 aliphatic rings. The van der Waals surface area contributed by atoms with Crippen molar-refractivity contribution in [2.24, 2.45) is 0 Å². The van der Waals surface area contributed by atoms with Crippen molar-refractivity contribution < 1.29 is 9.53 Å². The lowest BCUT2D eigenvalue weighted by Crippen LogP contribution is -2.39. The summed E-state index contributed by atoms with van der Waals surface area (Å²) in [5.74, 6) is 1.41. The van der Waals surface area contributed by atoms with E-state index >= 15 is 0 Å². The van der Waals surface area contributed by atoms with Gasteiger partial charge in [-0.3, -0.25) is 9.36 Å². The normalized spacial score (nSPS) is 21.1. The molecule has 122 valence electrons. The summed E-state index contributed by atoms with van der Waals surface area (Å²) in [5, 5.41) is 3.02. The van der Waals surface area contributed by atoms with Gasteiger partial charge in [0.2, 0.25) is 5.82 Å². The molecule has 0 spiro atoms. The number of hydrogen-bond acceptors (Lipinski definition) is 5. The standard InChI is InChI=1S/C16H21N5O2/c1-11-17-9-10-21(11)14-7-8-18-15(20-14)16(22)19-12-3-5-13(23-2)6-4-12/h7-10,12-13H,3-6H2,1-2H3,(H,19,22). The van der Waals surface area contributed by atoms with Crippen LogP contribution in [0.2, 0.25) is 0 Å². The van der Waals surface area contributed by atoms with Crippen molar-refractivity contribution in [1.29, 1.82) is 0 Å². The molecule has 0 radical (unpaired) electrons. The lowest BCUT2D eigenvalue weighted by atomic mass is 9.93. The van der Waals surface area contributed by atoms with E-state index in [9.17, 15) is 4.79 Å². The average Bonchev–Trinajstić information content (AvgIpc) is 3.02. The van der Waals surface area contributed by atoms with Gasteiger partial charge < -0.3 is 10.1 Å². The number of aromatic nitrogens is 4. The van der Waals surface area contributed by atoms with Gasteiger partial charge in [-0.15, -0.1) is 0 Å². The maximum atomic E-state index is 12.4. The lowest BCUT2D eigenvalue weighted by molar-refractivity contribution is 0.0597. The highest BCUT2D eigenvalue weighted by Gasteiger charge is 2.23. The Morgan fingerprint density at radius 3 is 2.70 bits per heavy atom. The Balaban J connectivity index is 1.67. The molecule has 7 heteroatoms. The number of amides is 1. The second-order valence-corrected chi connectivity index (χ2v) is 5.77. The van der Waals surface area contributed by atoms with Crippen LogP contribution in [0.5, 0.6) is 0 Å². The first-order valence-corrected chi connectivity index (χ1v) is 7.84. The molecule has 0 saturated heterocycles. The second kappa shape index (κ2) is 6.87. The monoisotopic (exact) mass is 315 g/mol. The lowest BCUT2D eigenvalue weighted by Gasteiger charge is -2.27. The fourth-order valence-corrected chi connectivity index (χ4v) is 2.91. The summed E-state index contributed by atoms with van der Waals surface area (Å²) in [6.45, 7) is 1.89. The molecule has 0 unspecified atom stereocenters. The van der Waals surface area contributed by atoms with Crippen LogP contribution in [0.15, 0.2) is 24.7 Å². The Labute approximate surface area is 135 Å². The molecule has 2 aromatic rings. The minimum Gasteiger partial charge on any atom is -0.381 e. The first kappa shape index (κ1) is 15.6. The van der Waals surface area contributed by atoms with E-state index in [4.69, 9.17) is 4.74 Å². The van der Waals surface area contributed by atoms with Crippen LogP contribution in [0.3, 0.4) is 0 Å². The van der Waals surface area contributed by atoms with Gasteiger partial charge in [-0.25, -0.2) is 15.0 Å². The molecule has 0 aromatic carbocycles. The molecule has 1 fully saturated rings. The molecule has 1 saturated carbocycles. The van der Waals surface area contributed by atoms with E-state index in [2.05, 4.69) is 20.3 Å². The van der Waals surface area contributed by atoms with Crippen molar-refractivity contribution in [2.75, 3.05) is 7.11 Å². The maximum absolute atomic E-state index is 12.4. The Morgan fingerprint density at radius 2 is 2.04 bits per heavy atom. The number of ether oxygens (including phenoxy) is 1. The van der Waals surface area contributed by atoms with Crippen LogP contribution in [-0.4, -0.2) is 44.7 Å². The first-order chi connectivity index (χ1) is 11.2. The zero-order valence-corrected chi connectivity index (χ0v) is 13.4. The van der Waals surface area contributed by atoms with Crippen LogP contribution in [-0.2, 0) is 4.74 Å². The van der Waals surface area contributed by atoms with Gasteiger partial charge in [0.1, 0.15) is 11.6 Å². The van der Waals surface area contributed by atoms with Crippen LogP contribution in [0.25, 0.3) is 5.82 Å². The number of aryl methyl sites for hydroxylation is 1. The summed E-state index contributed by atoms with van der Waals surface area (Å²) >= 11 is 0. The molecule has 1 aliphatic carbocycles. The van der Waals surface area contributed by atoms with E-state index in [0.29, 0.717) is 11.9 Å². The zero-order valence-electron chi connectivity index (χ0n) is 13.4. The molecule has 0 aliphatic heterocycles. The van der Waals surface area contributed by atoms with Gasteiger partial charge in [0, 0.05) is 31.7 Å². The third-order valence-electron chi connectivity index (χ3n) is 4.26. The van der Waals surface area contributed by atoms with Gasteiger partial charge in [-0.05, 0) is 38.7 Å². The van der Waals surface area contributed by atoms with E-state index in [-0.39, 0.29) is 17.8 Å². The van der Waals surface area contributed by atoms with Gasteiger partial charge in [0.25, 0.3) is 5.91 Å². The van der Waals surface area contributed by atoms with Crippen molar-refractivity contribution in [1.82, 2.24) is 24.8 Å². The predicted molar refractivity (Wildman–Crippen MR) is 84.4 cm³/mol. The molecule has 23 heavy (non-hydrogen) atoms. The van der Waals surface area contributed by atoms with Gasteiger partial charge >= 0.3 is 0 Å². The molecule has 0 atom stereocenters. The van der Waals surface area contributed by atoms with Gasteiger partial charge in [0.05, 0.1) is 6.10 Å². The molecule has 2 heterocycles. The summed E-state index contributed by atoms with van der Waals surface area (Å²) in [5.41, 5.74) is 0. The quantitative estimate of drug-likeness (QED) is 0.928. The highest BCUT2D eigenvalue weighted by Crippen LogP contribution is 2.20. The van der Waals surface area contributed by atoms with E-state index in [1.54, 1.807) is 25.6 Å². The molecular weight excluding hydrogens is 294 g/mol. The topological polar surface area (TPSA) is 81.9 Å². The third-order valence-corrected chi connectivity index (χ3v) is 4.26. The van der Waals surface area contributed by atoms with E-state index < -0.39 is 0 Å². The van der Waals surface area contributed by atoms with Crippen molar-refractivity contribution in [3.63, 3.8) is 0 Å². The number of imidazole rings is 1. The fourth-order valence-electron chi connectivity index (χ4n) is 2.91. The third kappa shape index (κ3) is 3.56. The zero-order chi connectivity index (χ0) is 16.2. The summed E-state index contributed by atoms with van der Waals surface area (Å²) in [7, 11) is 1.74. The van der Waals surface area contributed by atoms with Crippen molar-refractivity contribution in [3.8, 4) is 5.82 Å². The number of carbonyl (C=O) groups is 1. The van der Waals surface area contributed by atoms with Crippen LogP contribution >= 0.6 is 0 Å². The fraction of sp³-hybridized carbons (Fsp3) is 0.500. The maximum Gasteiger partial charge on any atom is 0.289 e. The number of nitrogens with zero attached hydrogens (tertiary/aromatic N) is 4. The minimum atomic E-state index is -0.231. The van der Waals surface area contributed by atoms with Crippen molar-refractivity contribution in [3.05, 3.63) is 36.3 Å². The van der Waals surface area contributed by atoms with Gasteiger partial charge in [-0.1, -0.05) is 0 Å². The van der Waals surface area contributed by atoms with Crippen molar-refractivity contribution in [2.45, 2.75) is 44.8 Å². The smallest absolute Gasteiger partial charge is 0.289 e. The molecule has 3 rings (SSSR count). The summed E-state index contributed by atoms with van der Waals surface area (Å²) in [6.07, 6.45) is 9.20. The number of methoxy groups -OCH3 is 1. The van der Waals surface area contributed by atoms with E-state index in [1.165, 1.54) is 0 Å². The highest BCUT2D eigenvalue weighted by molar-refractivity contribution is 5.90. The van der Waals surface area contributed by atoms with Crippen LogP contribution in [0.4, 0.5) is 0 Å². The van der Waals surface area contributed by atoms with Crippen LogP contribution in [0.1, 0.15) is 42.1 Å². The first-order valence-electron chi connectivity index (χ1n) is 7.84. The molecule has 1 N–H and O–H groups in total. The summed E-state index contributed by atoms with van der Waals surface area (Å²) in [4.78, 5) is 25.0. The molecule has 7 nitrogen and oxygen atoms in total. The second-order valence-electron chi connectivity index (χ2n) is 5.77. The SMILES string of the molecule is COC1CCC(NC(=O)c2nccc(-n3ccnc3C)n2)CC1. The summed E-state index contributed by atoms with van der Waals surface area (Å²) in [6, 6.07) is 1.92. The number of nitrogens with one attached hydrogen (secondary N) is 1. The number of carbonyl (C=O) groups excluding carboxylic acids is 1. The van der Waals surface area contributed by atoms with Crippen LogP contribution in [0, 0.1) is 6.92 Å². The average molecular weight is 315 g/mol. The summed E-state index contributed by atoms with van der Waals surface area (Å²) < 4.78 is 7.17. The Kier molecular flexibility index (Phi) is 4.66. The molecular formula is C16H21N5O2. The molecule has 1 amide bonds. The van der Waals surface area contributed by atoms with E-state index in [0.717, 1.165) is 31.5 Å². The van der Waals surface area contributed by atoms with Crippen molar-refractivity contribution >= 4 is 5.91 Å². The Hall–Kier alpha value is -2.28. The van der Waals surface area contributed by atoms with E-state index in [1.807, 2.05) is 17.7 Å². The Morgan fingerprint density at radius 1 is 1.26 bits per heavy atom. The van der Waals surface area contributed by atoms with Crippen LogP contribution < -0.4 is 5.32 Å². The minimum absolute atomic E-state index is 0.163. The predicted octanol–water partition coefficient (Wildman–Crippen LogP) is 1.66. The largest absolute Gasteiger partial charge is 0.381 e.